The summed E-state index contributed by atoms with van der Waals surface area (Å²) < 4.78 is 2.22. The van der Waals surface area contributed by atoms with Gasteiger partial charge in [0.15, 0.2) is 0 Å². The van der Waals surface area contributed by atoms with Gasteiger partial charge in [-0.25, -0.2) is 0 Å². The van der Waals surface area contributed by atoms with Gasteiger partial charge in [0.2, 0.25) is 0 Å². The number of pyridine rings is 1. The van der Waals surface area contributed by atoms with Gasteiger partial charge in [0.1, 0.15) is 0 Å². The van der Waals surface area contributed by atoms with Crippen LogP contribution >= 0.6 is 0 Å². The highest BCUT2D eigenvalue weighted by atomic mass is 16.1. The van der Waals surface area contributed by atoms with Gasteiger partial charge in [-0.3, -0.25) is 9.78 Å². The molecule has 1 N–H and O–H groups in total. The van der Waals surface area contributed by atoms with Crippen molar-refractivity contribution in [2.24, 2.45) is 7.05 Å². The smallest absolute Gasteiger partial charge is 0.251 e. The molecule has 0 bridgehead atoms. The largest absolute Gasteiger partial charge is 0.350 e. The van der Waals surface area contributed by atoms with Crippen LogP contribution in [0.1, 0.15) is 22.8 Å². The topological polar surface area (TPSA) is 50.2 Å². The lowest BCUT2D eigenvalue weighted by molar-refractivity contribution is 0.0944. The van der Waals surface area contributed by atoms with Crippen molar-refractivity contribution >= 4 is 38.5 Å². The van der Waals surface area contributed by atoms with Gasteiger partial charge in [-0.1, -0.05) is 0 Å². The van der Waals surface area contributed by atoms with E-state index >= 15 is 0 Å². The van der Waals surface area contributed by atoms with Crippen LogP contribution in [0.4, 0.5) is 0 Å². The molecule has 4 aromatic rings. The van der Waals surface area contributed by atoms with E-state index in [1.807, 2.05) is 44.7 Å². The number of aryl methyl sites for hydroxylation is 2. The second-order valence-corrected chi connectivity index (χ2v) is 7.81. The number of carbonyl (C=O) groups excluding carboxylic acids is 1. The standard InChI is InChI=1S/C23H26N4O/c1-14(26(3)4)12-25-23(28)16-6-7-21-19(10-16)20-11-17-13-24-9-8-18(17)15(2)22(20)27(21)5/h6-11,13-14H,12H2,1-5H3,(H,25,28). The fourth-order valence-corrected chi connectivity index (χ4v) is 3.89. The lowest BCUT2D eigenvalue weighted by Crippen LogP contribution is -2.38. The molecule has 2 aromatic heterocycles. The van der Waals surface area contributed by atoms with E-state index in [1.54, 1.807) is 0 Å². The molecule has 4 rings (SSSR count). The molecule has 0 radical (unpaired) electrons. The molecule has 2 heterocycles. The van der Waals surface area contributed by atoms with Crippen molar-refractivity contribution < 1.29 is 4.79 Å². The Morgan fingerprint density at radius 2 is 1.96 bits per heavy atom. The zero-order chi connectivity index (χ0) is 20.0. The first-order valence-electron chi connectivity index (χ1n) is 9.58. The first kappa shape index (κ1) is 18.4. The fourth-order valence-electron chi connectivity index (χ4n) is 3.89. The number of aromatic nitrogens is 2. The Morgan fingerprint density at radius 1 is 1.18 bits per heavy atom. The van der Waals surface area contributed by atoms with E-state index in [9.17, 15) is 4.79 Å². The van der Waals surface area contributed by atoms with E-state index in [1.165, 1.54) is 16.5 Å². The number of nitrogens with zero attached hydrogens (tertiary/aromatic N) is 3. The predicted molar refractivity (Wildman–Crippen MR) is 116 cm³/mol. The first-order valence-corrected chi connectivity index (χ1v) is 9.58. The van der Waals surface area contributed by atoms with Crippen molar-refractivity contribution in [2.75, 3.05) is 20.6 Å². The molecule has 0 spiro atoms. The highest BCUT2D eigenvalue weighted by Gasteiger charge is 2.16. The molecule has 0 aliphatic rings. The molecule has 1 amide bonds. The first-order chi connectivity index (χ1) is 13.4. The van der Waals surface area contributed by atoms with Gasteiger partial charge in [-0.15, -0.1) is 0 Å². The van der Waals surface area contributed by atoms with Crippen molar-refractivity contribution in [1.29, 1.82) is 0 Å². The highest BCUT2D eigenvalue weighted by molar-refractivity contribution is 6.15. The van der Waals surface area contributed by atoms with Crippen molar-refractivity contribution in [1.82, 2.24) is 19.8 Å². The Morgan fingerprint density at radius 3 is 2.71 bits per heavy atom. The molecule has 0 aliphatic carbocycles. The minimum Gasteiger partial charge on any atom is -0.350 e. The second kappa shape index (κ2) is 6.91. The number of hydrogen-bond donors (Lipinski definition) is 1. The number of fused-ring (bicyclic) bond motifs is 4. The van der Waals surface area contributed by atoms with E-state index in [4.69, 9.17) is 0 Å². The van der Waals surface area contributed by atoms with Crippen LogP contribution < -0.4 is 5.32 Å². The summed E-state index contributed by atoms with van der Waals surface area (Å²) in [5.74, 6) is -0.0354. The Hall–Kier alpha value is -2.92. The lowest BCUT2D eigenvalue weighted by Gasteiger charge is -2.19. The van der Waals surface area contributed by atoms with Gasteiger partial charge >= 0.3 is 0 Å². The molecule has 1 atom stereocenters. The maximum Gasteiger partial charge on any atom is 0.251 e. The van der Waals surface area contributed by atoms with E-state index < -0.39 is 0 Å². The molecule has 5 nitrogen and oxygen atoms in total. The normalized spacial score (nSPS) is 12.9. The van der Waals surface area contributed by atoms with Gasteiger partial charge in [0, 0.05) is 59.3 Å². The van der Waals surface area contributed by atoms with Gasteiger partial charge in [0.05, 0.1) is 5.52 Å². The second-order valence-electron chi connectivity index (χ2n) is 7.81. The van der Waals surface area contributed by atoms with Crippen molar-refractivity contribution in [2.45, 2.75) is 19.9 Å². The van der Waals surface area contributed by atoms with E-state index in [2.05, 4.69) is 52.8 Å². The molecule has 1 unspecified atom stereocenters. The summed E-state index contributed by atoms with van der Waals surface area (Å²) >= 11 is 0. The molecule has 0 aliphatic heterocycles. The predicted octanol–water partition coefficient (Wildman–Crippen LogP) is 3.87. The van der Waals surface area contributed by atoms with E-state index in [0.717, 1.165) is 21.7 Å². The molecule has 5 heteroatoms. The Labute approximate surface area is 165 Å². The summed E-state index contributed by atoms with van der Waals surface area (Å²) in [5, 5.41) is 7.63. The highest BCUT2D eigenvalue weighted by Crippen LogP contribution is 2.35. The average molecular weight is 374 g/mol. The number of likely N-dealkylation sites (N-methyl/N-ethyl adjacent to an activating group) is 1. The van der Waals surface area contributed by atoms with E-state index in [0.29, 0.717) is 12.1 Å². The van der Waals surface area contributed by atoms with Crippen molar-refractivity contribution in [3.05, 3.63) is 53.9 Å². The van der Waals surface area contributed by atoms with Crippen molar-refractivity contribution in [3.63, 3.8) is 0 Å². The van der Waals surface area contributed by atoms with Crippen LogP contribution in [0, 0.1) is 6.92 Å². The minimum atomic E-state index is -0.0354. The molecular weight excluding hydrogens is 348 g/mol. The third-order valence-electron chi connectivity index (χ3n) is 5.85. The van der Waals surface area contributed by atoms with Gasteiger partial charge in [-0.2, -0.15) is 0 Å². The molecular formula is C23H26N4O. The SMILES string of the molecule is Cc1c2ccncc2cc2c3cc(C(=O)NCC(C)N(C)C)ccc3n(C)c12. The van der Waals surface area contributed by atoms with Crippen LogP contribution in [-0.4, -0.2) is 47.0 Å². The number of carbonyl (C=O) groups is 1. The molecule has 144 valence electrons. The molecule has 2 aromatic carbocycles. The quantitative estimate of drug-likeness (QED) is 0.590. The van der Waals surface area contributed by atoms with Crippen LogP contribution in [0.2, 0.25) is 0 Å². The maximum absolute atomic E-state index is 12.7. The Kier molecular flexibility index (Phi) is 4.55. The number of hydrogen-bond acceptors (Lipinski definition) is 3. The zero-order valence-electron chi connectivity index (χ0n) is 17.1. The molecule has 28 heavy (non-hydrogen) atoms. The lowest BCUT2D eigenvalue weighted by atomic mass is 10.0. The van der Waals surface area contributed by atoms with Crippen LogP contribution in [0.25, 0.3) is 32.6 Å². The summed E-state index contributed by atoms with van der Waals surface area (Å²) in [6, 6.07) is 10.5. The van der Waals surface area contributed by atoms with Gasteiger partial charge in [0.25, 0.3) is 5.91 Å². The van der Waals surface area contributed by atoms with Crippen molar-refractivity contribution in [3.8, 4) is 0 Å². The number of benzene rings is 2. The monoisotopic (exact) mass is 374 g/mol. The van der Waals surface area contributed by atoms with Crippen LogP contribution in [0.3, 0.4) is 0 Å². The maximum atomic E-state index is 12.7. The average Bonchev–Trinajstić information content (AvgIpc) is 2.97. The van der Waals surface area contributed by atoms with Gasteiger partial charge < -0.3 is 14.8 Å². The fraction of sp³-hybridized carbons (Fsp3) is 0.304. The summed E-state index contributed by atoms with van der Waals surface area (Å²) in [5.41, 5.74) is 4.25. The van der Waals surface area contributed by atoms with Crippen LogP contribution in [0.15, 0.2) is 42.7 Å². The van der Waals surface area contributed by atoms with E-state index in [-0.39, 0.29) is 11.9 Å². The zero-order valence-corrected chi connectivity index (χ0v) is 17.1. The molecule has 0 saturated carbocycles. The van der Waals surface area contributed by atoms with Gasteiger partial charge in [-0.05, 0) is 69.2 Å². The molecule has 0 fully saturated rings. The summed E-state index contributed by atoms with van der Waals surface area (Å²) in [6.07, 6.45) is 3.74. The van der Waals surface area contributed by atoms with Crippen LogP contribution in [0.5, 0.6) is 0 Å². The number of nitrogens with one attached hydrogen (secondary N) is 1. The third kappa shape index (κ3) is 2.92. The Bertz CT molecular complexity index is 1210. The minimum absolute atomic E-state index is 0.0354. The third-order valence-corrected chi connectivity index (χ3v) is 5.85. The van der Waals surface area contributed by atoms with Crippen LogP contribution in [-0.2, 0) is 7.05 Å². The number of rotatable bonds is 4. The summed E-state index contributed by atoms with van der Waals surface area (Å²) in [6.45, 7) is 4.87. The summed E-state index contributed by atoms with van der Waals surface area (Å²) in [7, 11) is 6.12. The number of amides is 1. The summed E-state index contributed by atoms with van der Waals surface area (Å²) in [4.78, 5) is 19.1. The Balaban J connectivity index is 1.83. The molecule has 0 saturated heterocycles.